The second-order valence-corrected chi connectivity index (χ2v) is 8.47. The summed E-state index contributed by atoms with van der Waals surface area (Å²) in [6, 6.07) is 1.49. The standard InChI is InChI=1S/C18H25N5O2S/c1-12-7-9-22(10-8-12)18-21-23-14(11-15(24)20-17(23)26-18)16(25)19-13-5-3-2-4-6-13/h11-13H,2-10H2,1H3,(H,19,25). The number of nitrogens with zero attached hydrogens (tertiary/aromatic N) is 4. The maximum atomic E-state index is 12.8. The molecule has 140 valence electrons. The van der Waals surface area contributed by atoms with Crippen LogP contribution in [0.4, 0.5) is 5.13 Å². The largest absolute Gasteiger partial charge is 0.348 e. The van der Waals surface area contributed by atoms with Crippen LogP contribution in [-0.2, 0) is 0 Å². The van der Waals surface area contributed by atoms with Gasteiger partial charge in [0.2, 0.25) is 10.1 Å². The van der Waals surface area contributed by atoms with Gasteiger partial charge in [0.05, 0.1) is 0 Å². The van der Waals surface area contributed by atoms with Gasteiger partial charge in [-0.25, -0.2) is 0 Å². The van der Waals surface area contributed by atoms with Crippen molar-refractivity contribution in [3.8, 4) is 0 Å². The Morgan fingerprint density at radius 1 is 1.19 bits per heavy atom. The number of anilines is 1. The lowest BCUT2D eigenvalue weighted by molar-refractivity contribution is 0.0920. The molecule has 8 heteroatoms. The molecule has 0 aromatic carbocycles. The lowest BCUT2D eigenvalue weighted by atomic mass is 9.95. The van der Waals surface area contributed by atoms with Crippen molar-refractivity contribution in [3.63, 3.8) is 0 Å². The summed E-state index contributed by atoms with van der Waals surface area (Å²) in [5.74, 6) is 0.506. The molecule has 1 saturated heterocycles. The third-order valence-electron chi connectivity index (χ3n) is 5.47. The number of rotatable bonds is 3. The molecule has 1 aliphatic heterocycles. The summed E-state index contributed by atoms with van der Waals surface area (Å²) in [5, 5.41) is 8.52. The zero-order chi connectivity index (χ0) is 18.1. The third-order valence-corrected chi connectivity index (χ3v) is 6.44. The number of carbonyl (C=O) groups is 1. The molecule has 2 aliphatic rings. The summed E-state index contributed by atoms with van der Waals surface area (Å²) in [5.41, 5.74) is -0.0975. The molecule has 3 heterocycles. The smallest absolute Gasteiger partial charge is 0.274 e. The molecule has 26 heavy (non-hydrogen) atoms. The second kappa shape index (κ2) is 7.34. The Morgan fingerprint density at radius 2 is 1.92 bits per heavy atom. The van der Waals surface area contributed by atoms with E-state index in [4.69, 9.17) is 0 Å². The highest BCUT2D eigenvalue weighted by Gasteiger charge is 2.23. The van der Waals surface area contributed by atoms with Crippen LogP contribution in [0.25, 0.3) is 4.96 Å². The van der Waals surface area contributed by atoms with Gasteiger partial charge in [0.25, 0.3) is 11.5 Å². The number of nitrogens with one attached hydrogen (secondary N) is 1. The molecule has 4 rings (SSSR count). The maximum absolute atomic E-state index is 12.8. The van der Waals surface area contributed by atoms with E-state index in [9.17, 15) is 9.59 Å². The minimum atomic E-state index is -0.388. The molecule has 1 N–H and O–H groups in total. The molecular formula is C18H25N5O2S. The fraction of sp³-hybridized carbons (Fsp3) is 0.667. The lowest BCUT2D eigenvalue weighted by Gasteiger charge is -2.29. The van der Waals surface area contributed by atoms with Crippen molar-refractivity contribution in [2.45, 2.75) is 57.9 Å². The number of amides is 1. The molecule has 7 nitrogen and oxygen atoms in total. The molecule has 2 aromatic rings. The Morgan fingerprint density at radius 3 is 2.65 bits per heavy atom. The Kier molecular flexibility index (Phi) is 4.93. The fourth-order valence-electron chi connectivity index (χ4n) is 3.80. The predicted octanol–water partition coefficient (Wildman–Crippen LogP) is 2.45. The summed E-state index contributed by atoms with van der Waals surface area (Å²) >= 11 is 1.38. The van der Waals surface area contributed by atoms with Crippen LogP contribution in [0, 0.1) is 5.92 Å². The van der Waals surface area contributed by atoms with Gasteiger partial charge in [-0.05, 0) is 31.6 Å². The SMILES string of the molecule is CC1CCN(c2nn3c(C(=O)NC4CCCCC4)cc(=O)nc3s2)CC1. The first-order valence-corrected chi connectivity index (χ1v) is 10.4. The first-order valence-electron chi connectivity index (χ1n) is 9.57. The summed E-state index contributed by atoms with van der Waals surface area (Å²) in [4.78, 5) is 31.5. The summed E-state index contributed by atoms with van der Waals surface area (Å²) in [6.07, 6.45) is 7.79. The molecule has 2 fully saturated rings. The van der Waals surface area contributed by atoms with E-state index in [0.717, 1.165) is 62.7 Å². The number of aromatic nitrogens is 3. The van der Waals surface area contributed by atoms with Gasteiger partial charge in [-0.1, -0.05) is 37.5 Å². The normalized spacial score (nSPS) is 19.8. The van der Waals surface area contributed by atoms with Gasteiger partial charge < -0.3 is 10.2 Å². The van der Waals surface area contributed by atoms with Crippen LogP contribution in [0.15, 0.2) is 10.9 Å². The van der Waals surface area contributed by atoms with Crippen molar-refractivity contribution in [1.82, 2.24) is 19.9 Å². The summed E-state index contributed by atoms with van der Waals surface area (Å²) < 4.78 is 1.54. The van der Waals surface area contributed by atoms with Crippen molar-refractivity contribution in [2.75, 3.05) is 18.0 Å². The summed E-state index contributed by atoms with van der Waals surface area (Å²) in [7, 11) is 0. The van der Waals surface area contributed by atoms with Gasteiger partial charge in [0.1, 0.15) is 5.69 Å². The zero-order valence-corrected chi connectivity index (χ0v) is 15.9. The van der Waals surface area contributed by atoms with E-state index in [0.29, 0.717) is 10.7 Å². The van der Waals surface area contributed by atoms with E-state index in [1.807, 2.05) is 0 Å². The van der Waals surface area contributed by atoms with Crippen LogP contribution >= 0.6 is 11.3 Å². The molecule has 1 amide bonds. The average Bonchev–Trinajstić information content (AvgIpc) is 3.06. The zero-order valence-electron chi connectivity index (χ0n) is 15.1. The Labute approximate surface area is 156 Å². The minimum Gasteiger partial charge on any atom is -0.348 e. The molecule has 0 unspecified atom stereocenters. The van der Waals surface area contributed by atoms with E-state index < -0.39 is 0 Å². The van der Waals surface area contributed by atoms with Crippen LogP contribution in [0.1, 0.15) is 62.4 Å². The van der Waals surface area contributed by atoms with Crippen LogP contribution in [0.3, 0.4) is 0 Å². The molecule has 0 spiro atoms. The van der Waals surface area contributed by atoms with Gasteiger partial charge >= 0.3 is 0 Å². The van der Waals surface area contributed by atoms with Gasteiger partial charge in [-0.2, -0.15) is 9.50 Å². The van der Waals surface area contributed by atoms with E-state index in [1.54, 1.807) is 0 Å². The van der Waals surface area contributed by atoms with E-state index in [-0.39, 0.29) is 17.5 Å². The van der Waals surface area contributed by atoms with Crippen LogP contribution in [0.2, 0.25) is 0 Å². The first kappa shape index (κ1) is 17.5. The molecule has 0 bridgehead atoms. The highest BCUT2D eigenvalue weighted by Crippen LogP contribution is 2.27. The van der Waals surface area contributed by atoms with Crippen LogP contribution < -0.4 is 15.8 Å². The van der Waals surface area contributed by atoms with Gasteiger partial charge in [-0.3, -0.25) is 9.59 Å². The number of hydrogen-bond donors (Lipinski definition) is 1. The molecule has 2 aromatic heterocycles. The lowest BCUT2D eigenvalue weighted by Crippen LogP contribution is -2.37. The number of fused-ring (bicyclic) bond motifs is 1. The highest BCUT2D eigenvalue weighted by molar-refractivity contribution is 7.20. The molecule has 0 atom stereocenters. The molecule has 0 radical (unpaired) electrons. The third kappa shape index (κ3) is 3.60. The molecular weight excluding hydrogens is 350 g/mol. The predicted molar refractivity (Wildman–Crippen MR) is 102 cm³/mol. The topological polar surface area (TPSA) is 79.6 Å². The average molecular weight is 375 g/mol. The van der Waals surface area contributed by atoms with Crippen LogP contribution in [-0.4, -0.2) is 39.6 Å². The van der Waals surface area contributed by atoms with Gasteiger partial charge in [0.15, 0.2) is 0 Å². The molecule has 1 aliphatic carbocycles. The first-order chi connectivity index (χ1) is 12.6. The maximum Gasteiger partial charge on any atom is 0.274 e. The van der Waals surface area contributed by atoms with Gasteiger partial charge in [-0.15, -0.1) is 5.10 Å². The second-order valence-electron chi connectivity index (χ2n) is 7.54. The Bertz CT molecular complexity index is 847. The van der Waals surface area contributed by atoms with E-state index in [1.165, 1.54) is 28.3 Å². The Balaban J connectivity index is 1.61. The van der Waals surface area contributed by atoms with Crippen molar-refractivity contribution in [3.05, 3.63) is 22.1 Å². The van der Waals surface area contributed by atoms with E-state index in [2.05, 4.69) is 27.2 Å². The van der Waals surface area contributed by atoms with Crippen molar-refractivity contribution < 1.29 is 4.79 Å². The monoisotopic (exact) mass is 375 g/mol. The minimum absolute atomic E-state index is 0.192. The number of piperidine rings is 1. The molecule has 1 saturated carbocycles. The van der Waals surface area contributed by atoms with E-state index >= 15 is 0 Å². The van der Waals surface area contributed by atoms with Crippen molar-refractivity contribution in [2.24, 2.45) is 5.92 Å². The fourth-order valence-corrected chi connectivity index (χ4v) is 4.76. The van der Waals surface area contributed by atoms with Crippen molar-refractivity contribution in [1.29, 1.82) is 0 Å². The number of carbonyl (C=O) groups excluding carboxylic acids is 1. The number of hydrogen-bond acceptors (Lipinski definition) is 6. The van der Waals surface area contributed by atoms with Crippen molar-refractivity contribution >= 4 is 27.3 Å². The summed E-state index contributed by atoms with van der Waals surface area (Å²) in [6.45, 7) is 4.17. The Hall–Kier alpha value is -1.96. The quantitative estimate of drug-likeness (QED) is 0.891. The van der Waals surface area contributed by atoms with Crippen LogP contribution in [0.5, 0.6) is 0 Å². The highest BCUT2D eigenvalue weighted by atomic mass is 32.1. The van der Waals surface area contributed by atoms with Gasteiger partial charge in [0, 0.05) is 25.2 Å².